The Morgan fingerprint density at radius 3 is 2.57 bits per heavy atom. The van der Waals surface area contributed by atoms with Crippen LogP contribution in [0.4, 0.5) is 0 Å². The Morgan fingerprint density at radius 2 is 1.96 bits per heavy atom. The fourth-order valence-corrected chi connectivity index (χ4v) is 5.23. The van der Waals surface area contributed by atoms with Crippen molar-refractivity contribution in [2.45, 2.75) is 38.3 Å². The zero-order valence-electron chi connectivity index (χ0n) is 16.5. The summed E-state index contributed by atoms with van der Waals surface area (Å²) in [6.45, 7) is 5.20. The molecule has 150 valence electrons. The second kappa shape index (κ2) is 8.94. The molecule has 0 fully saturated rings. The van der Waals surface area contributed by atoms with E-state index in [1.165, 1.54) is 4.31 Å². The van der Waals surface area contributed by atoms with Crippen LogP contribution in [0, 0.1) is 6.92 Å². The van der Waals surface area contributed by atoms with Gasteiger partial charge in [0.05, 0.1) is 18.0 Å². The molecule has 0 bridgehead atoms. The smallest absolute Gasteiger partial charge is 0.243 e. The Morgan fingerprint density at radius 1 is 1.14 bits per heavy atom. The summed E-state index contributed by atoms with van der Waals surface area (Å²) in [4.78, 5) is 1.30. The Labute approximate surface area is 171 Å². The number of rotatable bonds is 9. The molecule has 0 saturated carbocycles. The standard InChI is InChI=1S/C21H26N2O3S2/c1-4-12-26-21-10-9-20(14-17(21)2)28(24,25)23(16-19-8-6-13-27-19)15-18-7-5-11-22(18)3/h5-11,13-14H,4,12,15-16H2,1-3H3. The van der Waals surface area contributed by atoms with Crippen LogP contribution >= 0.6 is 11.3 Å². The SMILES string of the molecule is CCCOc1ccc(S(=O)(=O)N(Cc2cccs2)Cc2cccn2C)cc1C. The van der Waals surface area contributed by atoms with E-state index in [0.717, 1.165) is 28.3 Å². The first-order valence-corrected chi connectivity index (χ1v) is 11.6. The van der Waals surface area contributed by atoms with Gasteiger partial charge in [0.1, 0.15) is 5.75 Å². The fraction of sp³-hybridized carbons (Fsp3) is 0.333. The Bertz CT molecular complexity index is 1010. The molecule has 0 unspecified atom stereocenters. The van der Waals surface area contributed by atoms with Gasteiger partial charge in [0.2, 0.25) is 10.0 Å². The van der Waals surface area contributed by atoms with Gasteiger partial charge in [0.15, 0.2) is 0 Å². The molecule has 0 aliphatic rings. The summed E-state index contributed by atoms with van der Waals surface area (Å²) in [5.74, 6) is 0.730. The van der Waals surface area contributed by atoms with Crippen LogP contribution in [0.15, 0.2) is 58.9 Å². The molecular weight excluding hydrogens is 392 g/mol. The van der Waals surface area contributed by atoms with Gasteiger partial charge < -0.3 is 9.30 Å². The maximum Gasteiger partial charge on any atom is 0.243 e. The number of benzene rings is 1. The number of sulfonamides is 1. The second-order valence-corrected chi connectivity index (χ2v) is 9.71. The molecule has 0 N–H and O–H groups in total. The molecule has 5 nitrogen and oxygen atoms in total. The maximum absolute atomic E-state index is 13.5. The van der Waals surface area contributed by atoms with Crippen molar-refractivity contribution in [3.63, 3.8) is 0 Å². The molecule has 7 heteroatoms. The third-order valence-corrected chi connectivity index (χ3v) is 7.20. The Hall–Kier alpha value is -2.09. The van der Waals surface area contributed by atoms with Crippen molar-refractivity contribution in [1.29, 1.82) is 0 Å². The second-order valence-electron chi connectivity index (χ2n) is 6.74. The Kier molecular flexibility index (Phi) is 6.59. The number of hydrogen-bond acceptors (Lipinski definition) is 4. The fourth-order valence-electron chi connectivity index (χ4n) is 2.95. The average molecular weight is 419 g/mol. The van der Waals surface area contributed by atoms with Crippen molar-refractivity contribution >= 4 is 21.4 Å². The van der Waals surface area contributed by atoms with Crippen molar-refractivity contribution in [2.75, 3.05) is 6.61 Å². The first kappa shape index (κ1) is 20.6. The van der Waals surface area contributed by atoms with E-state index in [0.29, 0.717) is 24.6 Å². The van der Waals surface area contributed by atoms with Gasteiger partial charge in [0, 0.05) is 30.4 Å². The van der Waals surface area contributed by atoms with E-state index in [-0.39, 0.29) is 0 Å². The molecule has 0 spiro atoms. The molecule has 2 heterocycles. The number of aryl methyl sites for hydroxylation is 2. The van der Waals surface area contributed by atoms with E-state index in [2.05, 4.69) is 0 Å². The lowest BCUT2D eigenvalue weighted by Crippen LogP contribution is -2.30. The van der Waals surface area contributed by atoms with Crippen molar-refractivity contribution in [2.24, 2.45) is 7.05 Å². The number of hydrogen-bond donors (Lipinski definition) is 0. The van der Waals surface area contributed by atoms with Gasteiger partial charge in [-0.3, -0.25) is 0 Å². The van der Waals surface area contributed by atoms with Gasteiger partial charge in [-0.1, -0.05) is 13.0 Å². The van der Waals surface area contributed by atoms with Gasteiger partial charge >= 0.3 is 0 Å². The molecule has 0 aliphatic carbocycles. The van der Waals surface area contributed by atoms with Crippen LogP contribution in [0.5, 0.6) is 5.75 Å². The molecule has 28 heavy (non-hydrogen) atoms. The number of aromatic nitrogens is 1. The maximum atomic E-state index is 13.5. The predicted molar refractivity (Wildman–Crippen MR) is 113 cm³/mol. The van der Waals surface area contributed by atoms with Crippen molar-refractivity contribution in [1.82, 2.24) is 8.87 Å². The largest absolute Gasteiger partial charge is 0.493 e. The summed E-state index contributed by atoms with van der Waals surface area (Å²) in [6.07, 6.45) is 2.83. The van der Waals surface area contributed by atoms with Gasteiger partial charge in [-0.15, -0.1) is 11.3 Å². The molecular formula is C21H26N2O3S2. The van der Waals surface area contributed by atoms with Crippen LogP contribution in [-0.4, -0.2) is 23.9 Å². The molecule has 0 radical (unpaired) electrons. The van der Waals surface area contributed by atoms with E-state index in [1.54, 1.807) is 29.5 Å². The molecule has 3 aromatic rings. The zero-order chi connectivity index (χ0) is 20.1. The Balaban J connectivity index is 1.93. The van der Waals surface area contributed by atoms with E-state index in [9.17, 15) is 8.42 Å². The van der Waals surface area contributed by atoms with E-state index in [4.69, 9.17) is 4.74 Å². The highest BCUT2D eigenvalue weighted by Crippen LogP contribution is 2.27. The lowest BCUT2D eigenvalue weighted by atomic mass is 10.2. The van der Waals surface area contributed by atoms with Crippen molar-refractivity contribution in [3.8, 4) is 5.75 Å². The van der Waals surface area contributed by atoms with Crippen LogP contribution in [-0.2, 0) is 30.2 Å². The van der Waals surface area contributed by atoms with E-state index >= 15 is 0 Å². The topological polar surface area (TPSA) is 51.5 Å². The average Bonchev–Trinajstić information content (AvgIpc) is 3.32. The number of nitrogens with zero attached hydrogens (tertiary/aromatic N) is 2. The van der Waals surface area contributed by atoms with Gasteiger partial charge in [-0.2, -0.15) is 4.31 Å². The first-order chi connectivity index (χ1) is 13.4. The van der Waals surface area contributed by atoms with Crippen LogP contribution in [0.25, 0.3) is 0 Å². The lowest BCUT2D eigenvalue weighted by molar-refractivity contribution is 0.315. The molecule has 0 saturated heterocycles. The van der Waals surface area contributed by atoms with Crippen molar-refractivity contribution < 1.29 is 13.2 Å². The van der Waals surface area contributed by atoms with Crippen LogP contribution in [0.2, 0.25) is 0 Å². The monoisotopic (exact) mass is 418 g/mol. The minimum atomic E-state index is -3.66. The highest BCUT2D eigenvalue weighted by Gasteiger charge is 2.26. The molecule has 0 atom stereocenters. The summed E-state index contributed by atoms with van der Waals surface area (Å²) < 4.78 is 36.1. The van der Waals surface area contributed by atoms with Crippen molar-refractivity contribution in [3.05, 3.63) is 70.2 Å². The molecule has 0 aliphatic heterocycles. The lowest BCUT2D eigenvalue weighted by Gasteiger charge is -2.22. The van der Waals surface area contributed by atoms with Crippen LogP contribution in [0.1, 0.15) is 29.5 Å². The van der Waals surface area contributed by atoms with E-state index < -0.39 is 10.0 Å². The summed E-state index contributed by atoms with van der Waals surface area (Å²) >= 11 is 1.56. The highest BCUT2D eigenvalue weighted by molar-refractivity contribution is 7.89. The minimum Gasteiger partial charge on any atom is -0.493 e. The molecule has 0 amide bonds. The van der Waals surface area contributed by atoms with Crippen LogP contribution in [0.3, 0.4) is 0 Å². The number of ether oxygens (including phenoxy) is 1. The third kappa shape index (κ3) is 4.66. The zero-order valence-corrected chi connectivity index (χ0v) is 18.1. The number of thiophene rings is 1. The highest BCUT2D eigenvalue weighted by atomic mass is 32.2. The van der Waals surface area contributed by atoms with Gasteiger partial charge in [0.25, 0.3) is 0 Å². The van der Waals surface area contributed by atoms with Crippen LogP contribution < -0.4 is 4.74 Å². The molecule has 2 aromatic heterocycles. The summed E-state index contributed by atoms with van der Waals surface area (Å²) in [6, 6.07) is 12.9. The van der Waals surface area contributed by atoms with Gasteiger partial charge in [-0.25, -0.2) is 8.42 Å². The van der Waals surface area contributed by atoms with Gasteiger partial charge in [-0.05, 0) is 60.7 Å². The third-order valence-electron chi connectivity index (χ3n) is 4.55. The normalized spacial score (nSPS) is 11.9. The molecule has 1 aromatic carbocycles. The summed E-state index contributed by atoms with van der Waals surface area (Å²) in [5, 5.41) is 1.96. The first-order valence-electron chi connectivity index (χ1n) is 9.28. The predicted octanol–water partition coefficient (Wildman–Crippen LogP) is 4.57. The minimum absolute atomic E-state index is 0.291. The van der Waals surface area contributed by atoms with E-state index in [1.807, 2.05) is 61.3 Å². The summed E-state index contributed by atoms with van der Waals surface area (Å²) in [7, 11) is -1.73. The summed E-state index contributed by atoms with van der Waals surface area (Å²) in [5.41, 5.74) is 1.77. The quantitative estimate of drug-likeness (QED) is 0.511. The molecule has 3 rings (SSSR count).